The van der Waals surface area contributed by atoms with E-state index >= 15 is 0 Å². The molecule has 0 amide bonds. The molecule has 1 aromatic heterocycles. The maximum Gasteiger partial charge on any atom is -0.00585 e. The quantitative estimate of drug-likeness (QED) is 0.599. The van der Waals surface area contributed by atoms with E-state index in [1.165, 1.54) is 37.7 Å². The summed E-state index contributed by atoms with van der Waals surface area (Å²) >= 11 is 1.83. The highest BCUT2D eigenvalue weighted by atomic mass is 32.1. The highest BCUT2D eigenvalue weighted by Gasteiger charge is 1.97. The third-order valence-corrected chi connectivity index (χ3v) is 3.17. The Kier molecular flexibility index (Phi) is 4.37. The average Bonchev–Trinajstić information content (AvgIpc) is 2.46. The van der Waals surface area contributed by atoms with Crippen LogP contribution in [0, 0.1) is 6.92 Å². The minimum absolute atomic E-state index is 1.29. The zero-order valence-electron chi connectivity index (χ0n) is 8.10. The molecular weight excluding hydrogens is 164 g/mol. The van der Waals surface area contributed by atoms with Gasteiger partial charge in [0.05, 0.1) is 0 Å². The van der Waals surface area contributed by atoms with Crippen molar-refractivity contribution in [1.82, 2.24) is 0 Å². The van der Waals surface area contributed by atoms with Crippen molar-refractivity contribution >= 4 is 11.3 Å². The van der Waals surface area contributed by atoms with Gasteiger partial charge in [-0.25, -0.2) is 0 Å². The fourth-order valence-electron chi connectivity index (χ4n) is 1.39. The van der Waals surface area contributed by atoms with Gasteiger partial charge in [-0.2, -0.15) is 11.3 Å². The van der Waals surface area contributed by atoms with Crippen molar-refractivity contribution < 1.29 is 0 Å². The van der Waals surface area contributed by atoms with Crippen molar-refractivity contribution in [1.29, 1.82) is 0 Å². The monoisotopic (exact) mass is 182 g/mol. The van der Waals surface area contributed by atoms with E-state index in [2.05, 4.69) is 24.6 Å². The van der Waals surface area contributed by atoms with Crippen LogP contribution in [0.15, 0.2) is 10.8 Å². The van der Waals surface area contributed by atoms with Gasteiger partial charge in [-0.3, -0.25) is 0 Å². The molecule has 0 nitrogen and oxygen atoms in total. The van der Waals surface area contributed by atoms with Crippen LogP contribution in [-0.2, 0) is 6.42 Å². The van der Waals surface area contributed by atoms with Crippen LogP contribution in [0.3, 0.4) is 0 Å². The Morgan fingerprint density at radius 2 is 2.00 bits per heavy atom. The van der Waals surface area contributed by atoms with Crippen molar-refractivity contribution in [3.05, 3.63) is 21.9 Å². The number of hydrogen-bond acceptors (Lipinski definition) is 1. The van der Waals surface area contributed by atoms with E-state index in [9.17, 15) is 0 Å². The molecule has 0 aliphatic heterocycles. The van der Waals surface area contributed by atoms with Gasteiger partial charge in [0.15, 0.2) is 0 Å². The first kappa shape index (κ1) is 9.79. The minimum atomic E-state index is 1.29. The molecule has 0 bridgehead atoms. The number of aryl methyl sites for hydroxylation is 2. The largest absolute Gasteiger partial charge is 0.152 e. The number of unbranched alkanes of at least 4 members (excludes halogenated alkanes) is 3. The van der Waals surface area contributed by atoms with E-state index in [0.29, 0.717) is 0 Å². The predicted octanol–water partition coefficient (Wildman–Crippen LogP) is 4.18. The standard InChI is InChI=1S/C11H18S/c1-3-4-5-6-7-11-9-12-8-10(11)2/h8-9H,3-7H2,1-2H3. The molecule has 0 radical (unpaired) electrons. The second-order valence-corrected chi connectivity index (χ2v) is 4.13. The first-order valence-corrected chi connectivity index (χ1v) is 5.80. The Morgan fingerprint density at radius 3 is 2.58 bits per heavy atom. The van der Waals surface area contributed by atoms with Crippen LogP contribution in [-0.4, -0.2) is 0 Å². The Morgan fingerprint density at radius 1 is 1.17 bits per heavy atom. The topological polar surface area (TPSA) is 0 Å². The Labute approximate surface area is 79.6 Å². The van der Waals surface area contributed by atoms with Gasteiger partial charge in [0, 0.05) is 0 Å². The molecule has 0 fully saturated rings. The number of hydrogen-bond donors (Lipinski definition) is 0. The summed E-state index contributed by atoms with van der Waals surface area (Å²) in [5, 5.41) is 4.54. The Bertz CT molecular complexity index is 213. The summed E-state index contributed by atoms with van der Waals surface area (Å²) in [4.78, 5) is 0. The SMILES string of the molecule is CCCCCCc1cscc1C. The normalized spacial score (nSPS) is 10.5. The average molecular weight is 182 g/mol. The van der Waals surface area contributed by atoms with Crippen molar-refractivity contribution in [3.8, 4) is 0 Å². The molecule has 0 saturated heterocycles. The van der Waals surface area contributed by atoms with E-state index in [0.717, 1.165) is 0 Å². The minimum Gasteiger partial charge on any atom is -0.152 e. The molecule has 1 heterocycles. The zero-order valence-corrected chi connectivity index (χ0v) is 8.91. The van der Waals surface area contributed by atoms with Gasteiger partial charge in [0.25, 0.3) is 0 Å². The van der Waals surface area contributed by atoms with Crippen molar-refractivity contribution in [2.75, 3.05) is 0 Å². The molecular formula is C11H18S. The van der Waals surface area contributed by atoms with Crippen LogP contribution in [0.5, 0.6) is 0 Å². The maximum absolute atomic E-state index is 2.29. The van der Waals surface area contributed by atoms with Crippen molar-refractivity contribution in [2.24, 2.45) is 0 Å². The molecule has 1 rings (SSSR count). The van der Waals surface area contributed by atoms with Crippen LogP contribution in [0.25, 0.3) is 0 Å². The van der Waals surface area contributed by atoms with E-state index in [1.807, 2.05) is 11.3 Å². The smallest absolute Gasteiger partial charge is 0.00585 e. The molecule has 0 aliphatic rings. The summed E-state index contributed by atoms with van der Waals surface area (Å²) in [5.74, 6) is 0. The molecule has 12 heavy (non-hydrogen) atoms. The van der Waals surface area contributed by atoms with Gasteiger partial charge in [0.2, 0.25) is 0 Å². The van der Waals surface area contributed by atoms with Crippen LogP contribution in [0.2, 0.25) is 0 Å². The summed E-state index contributed by atoms with van der Waals surface area (Å²) in [6.07, 6.45) is 6.78. The molecule has 0 aliphatic carbocycles. The molecule has 0 spiro atoms. The summed E-state index contributed by atoms with van der Waals surface area (Å²) < 4.78 is 0. The third kappa shape index (κ3) is 2.98. The predicted molar refractivity (Wildman–Crippen MR) is 56.9 cm³/mol. The van der Waals surface area contributed by atoms with Gasteiger partial charge in [-0.1, -0.05) is 26.2 Å². The lowest BCUT2D eigenvalue weighted by Crippen LogP contribution is -1.85. The van der Waals surface area contributed by atoms with Crippen LogP contribution in [0.4, 0.5) is 0 Å². The van der Waals surface area contributed by atoms with Crippen molar-refractivity contribution in [2.45, 2.75) is 46.0 Å². The number of rotatable bonds is 5. The van der Waals surface area contributed by atoms with Gasteiger partial charge in [-0.05, 0) is 41.7 Å². The van der Waals surface area contributed by atoms with E-state index in [4.69, 9.17) is 0 Å². The fourth-order valence-corrected chi connectivity index (χ4v) is 2.28. The summed E-state index contributed by atoms with van der Waals surface area (Å²) in [7, 11) is 0. The lowest BCUT2D eigenvalue weighted by atomic mass is 10.1. The molecule has 0 aromatic carbocycles. The van der Waals surface area contributed by atoms with Crippen LogP contribution >= 0.6 is 11.3 Å². The van der Waals surface area contributed by atoms with Crippen LogP contribution < -0.4 is 0 Å². The maximum atomic E-state index is 2.29. The molecule has 0 saturated carbocycles. The van der Waals surface area contributed by atoms with Gasteiger partial charge < -0.3 is 0 Å². The number of thiophene rings is 1. The van der Waals surface area contributed by atoms with Gasteiger partial charge >= 0.3 is 0 Å². The summed E-state index contributed by atoms with van der Waals surface area (Å²) in [5.41, 5.74) is 3.05. The molecule has 0 atom stereocenters. The molecule has 1 heteroatoms. The third-order valence-electron chi connectivity index (χ3n) is 2.26. The van der Waals surface area contributed by atoms with E-state index < -0.39 is 0 Å². The second kappa shape index (κ2) is 5.36. The van der Waals surface area contributed by atoms with E-state index in [-0.39, 0.29) is 0 Å². The highest BCUT2D eigenvalue weighted by Crippen LogP contribution is 2.16. The Hall–Kier alpha value is -0.300. The first-order valence-electron chi connectivity index (χ1n) is 4.86. The molecule has 68 valence electrons. The first-order chi connectivity index (χ1) is 5.84. The lowest BCUT2D eigenvalue weighted by molar-refractivity contribution is 0.666. The molecule has 0 N–H and O–H groups in total. The molecule has 1 aromatic rings. The van der Waals surface area contributed by atoms with Gasteiger partial charge in [-0.15, -0.1) is 0 Å². The highest BCUT2D eigenvalue weighted by molar-refractivity contribution is 7.08. The van der Waals surface area contributed by atoms with E-state index in [1.54, 1.807) is 5.56 Å². The molecule has 0 unspecified atom stereocenters. The van der Waals surface area contributed by atoms with Crippen LogP contribution in [0.1, 0.15) is 43.7 Å². The Balaban J connectivity index is 2.20. The van der Waals surface area contributed by atoms with Gasteiger partial charge in [0.1, 0.15) is 0 Å². The fraction of sp³-hybridized carbons (Fsp3) is 0.636. The zero-order chi connectivity index (χ0) is 8.81. The lowest BCUT2D eigenvalue weighted by Gasteiger charge is -1.99. The summed E-state index contributed by atoms with van der Waals surface area (Å²) in [6.45, 7) is 4.47. The van der Waals surface area contributed by atoms with Crippen molar-refractivity contribution in [3.63, 3.8) is 0 Å². The second-order valence-electron chi connectivity index (χ2n) is 3.39. The summed E-state index contributed by atoms with van der Waals surface area (Å²) in [6, 6.07) is 0.